The molecule has 3 aliphatic rings. The Hall–Kier alpha value is -3.70. The molecule has 3 aromatic rings. The predicted octanol–water partition coefficient (Wildman–Crippen LogP) is 5.44. The molecule has 1 aromatic heterocycles. The molecular weight excluding hydrogens is 675 g/mol. The van der Waals surface area contributed by atoms with Gasteiger partial charge in [-0.05, 0) is 81.1 Å². The normalized spacial score (nSPS) is 21.2. The van der Waals surface area contributed by atoms with Crippen LogP contribution in [0, 0.1) is 0 Å². The number of urea groups is 1. The minimum atomic E-state index is -0.593. The van der Waals surface area contributed by atoms with E-state index < -0.39 is 5.54 Å². The zero-order chi connectivity index (χ0) is 35.1. The van der Waals surface area contributed by atoms with Crippen molar-refractivity contribution in [3.63, 3.8) is 0 Å². The van der Waals surface area contributed by atoms with Crippen molar-refractivity contribution in [1.82, 2.24) is 29.9 Å². The van der Waals surface area contributed by atoms with Crippen LogP contribution in [0.2, 0.25) is 10.0 Å². The molecule has 3 saturated heterocycles. The van der Waals surface area contributed by atoms with Crippen molar-refractivity contribution in [2.45, 2.75) is 43.6 Å². The summed E-state index contributed by atoms with van der Waals surface area (Å²) in [6, 6.07) is 21.1. The average molecular weight is 722 g/mol. The van der Waals surface area contributed by atoms with E-state index in [1.165, 1.54) is 0 Å². The van der Waals surface area contributed by atoms with Gasteiger partial charge in [0, 0.05) is 69.5 Å². The largest absolute Gasteiger partial charge is 0.465 e. The Morgan fingerprint density at radius 2 is 1.56 bits per heavy atom. The number of amides is 3. The van der Waals surface area contributed by atoms with E-state index in [2.05, 4.69) is 16.3 Å². The lowest BCUT2D eigenvalue weighted by Gasteiger charge is -2.44. The molecule has 1 N–H and O–H groups in total. The van der Waals surface area contributed by atoms with E-state index >= 15 is 0 Å². The first-order valence-corrected chi connectivity index (χ1v) is 18.3. The lowest BCUT2D eigenvalue weighted by molar-refractivity contribution is -0.144. The van der Waals surface area contributed by atoms with Crippen LogP contribution >= 0.6 is 23.2 Å². The second kappa shape index (κ2) is 16.1. The van der Waals surface area contributed by atoms with E-state index in [1.54, 1.807) is 13.1 Å². The van der Waals surface area contributed by atoms with Gasteiger partial charge in [-0.15, -0.1) is 0 Å². The molecule has 0 bridgehead atoms. The van der Waals surface area contributed by atoms with Gasteiger partial charge in [-0.1, -0.05) is 53.5 Å². The number of carbonyl (C=O) groups is 3. The number of ether oxygens (including phenoxy) is 1. The van der Waals surface area contributed by atoms with Crippen molar-refractivity contribution in [2.24, 2.45) is 0 Å². The zero-order valence-electron chi connectivity index (χ0n) is 28.7. The van der Waals surface area contributed by atoms with Gasteiger partial charge in [-0.2, -0.15) is 0 Å². The van der Waals surface area contributed by atoms with E-state index in [1.807, 2.05) is 75.4 Å². The number of benzene rings is 2. The fraction of sp³-hybridized carbons (Fsp3) is 0.474. The van der Waals surface area contributed by atoms with Crippen LogP contribution in [0.25, 0.3) is 0 Å². The molecule has 0 saturated carbocycles. The number of hydrogen-bond acceptors (Lipinski definition) is 7. The van der Waals surface area contributed by atoms with Gasteiger partial charge in [0.25, 0.3) is 5.91 Å². The van der Waals surface area contributed by atoms with E-state index in [9.17, 15) is 14.4 Å². The Kier molecular flexibility index (Phi) is 11.6. The average Bonchev–Trinajstić information content (AvgIpc) is 3.59. The number of piperidine rings is 1. The molecule has 12 heteroatoms. The highest BCUT2D eigenvalue weighted by Gasteiger charge is 2.44. The number of piperazine rings is 1. The molecule has 3 fully saturated rings. The number of halogens is 2. The van der Waals surface area contributed by atoms with Gasteiger partial charge in [-0.3, -0.25) is 19.5 Å². The summed E-state index contributed by atoms with van der Waals surface area (Å²) in [6.07, 6.45) is 4.90. The van der Waals surface area contributed by atoms with Gasteiger partial charge in [0.05, 0.1) is 34.4 Å². The van der Waals surface area contributed by atoms with Gasteiger partial charge in [0.2, 0.25) is 0 Å². The predicted molar refractivity (Wildman–Crippen MR) is 194 cm³/mol. The van der Waals surface area contributed by atoms with Gasteiger partial charge in [0.15, 0.2) is 0 Å². The summed E-state index contributed by atoms with van der Waals surface area (Å²) in [4.78, 5) is 52.2. The maximum absolute atomic E-state index is 13.7. The van der Waals surface area contributed by atoms with Crippen LogP contribution in [-0.2, 0) is 20.5 Å². The molecule has 3 aliphatic heterocycles. The van der Waals surface area contributed by atoms with Crippen molar-refractivity contribution >= 4 is 41.1 Å². The number of rotatable bonds is 10. The van der Waals surface area contributed by atoms with Gasteiger partial charge >= 0.3 is 12.0 Å². The van der Waals surface area contributed by atoms with Crippen LogP contribution in [0.15, 0.2) is 72.9 Å². The maximum Gasteiger partial charge on any atom is 0.320 e. The molecule has 266 valence electrons. The molecular formula is C38H46Cl2N6O4. The first kappa shape index (κ1) is 36.1. The number of hydrogen-bond donors (Lipinski definition) is 1. The summed E-state index contributed by atoms with van der Waals surface area (Å²) in [6.45, 7) is 8.39. The standard InChI is InChI=1S/C38H46Cl2N6O4/c1-2-50-34(47)27-44-22-24-45(25-23-44)36(49)42-38(33-10-6-7-17-41-33)15-19-43(20-16-38)18-13-37(30-11-12-31(39)32(40)26-30)14-21-46(28-37)35(48)29-8-4-3-5-9-29/h3-12,17,26H,2,13-16,18-25,27-28H2,1H3,(H,42,49). The highest BCUT2D eigenvalue weighted by molar-refractivity contribution is 6.42. The van der Waals surface area contributed by atoms with Gasteiger partial charge in [-0.25, -0.2) is 4.79 Å². The summed E-state index contributed by atoms with van der Waals surface area (Å²) in [7, 11) is 0. The molecule has 6 rings (SSSR count). The molecule has 0 radical (unpaired) electrons. The smallest absolute Gasteiger partial charge is 0.320 e. The number of nitrogens with one attached hydrogen (secondary N) is 1. The third kappa shape index (κ3) is 8.26. The number of carbonyl (C=O) groups excluding carboxylic acids is 3. The summed E-state index contributed by atoms with van der Waals surface area (Å²) < 4.78 is 5.09. The zero-order valence-corrected chi connectivity index (χ0v) is 30.2. The van der Waals surface area contributed by atoms with Crippen LogP contribution < -0.4 is 5.32 Å². The quantitative estimate of drug-likeness (QED) is 0.279. The second-order valence-corrected chi connectivity index (χ2v) is 14.5. The number of likely N-dealkylation sites (tertiary alicyclic amines) is 2. The Bertz CT molecular complexity index is 1630. The summed E-state index contributed by atoms with van der Waals surface area (Å²) in [5.41, 5.74) is 1.80. The molecule has 0 aliphatic carbocycles. The topological polar surface area (TPSA) is 98.3 Å². The summed E-state index contributed by atoms with van der Waals surface area (Å²) in [5.74, 6) is -0.193. The van der Waals surface area contributed by atoms with Crippen LogP contribution in [0.4, 0.5) is 4.79 Å². The molecule has 3 amide bonds. The van der Waals surface area contributed by atoms with E-state index in [0.717, 1.165) is 56.6 Å². The lowest BCUT2D eigenvalue weighted by Crippen LogP contribution is -2.59. The molecule has 1 unspecified atom stereocenters. The van der Waals surface area contributed by atoms with E-state index in [-0.39, 0.29) is 29.9 Å². The van der Waals surface area contributed by atoms with E-state index in [4.69, 9.17) is 32.9 Å². The number of pyridine rings is 1. The first-order chi connectivity index (χ1) is 24.2. The first-order valence-electron chi connectivity index (χ1n) is 17.6. The Morgan fingerprint density at radius 3 is 2.24 bits per heavy atom. The highest BCUT2D eigenvalue weighted by Crippen LogP contribution is 2.41. The van der Waals surface area contributed by atoms with Crippen molar-refractivity contribution in [1.29, 1.82) is 0 Å². The fourth-order valence-electron chi connectivity index (χ4n) is 7.62. The third-order valence-corrected chi connectivity index (χ3v) is 11.4. The monoisotopic (exact) mass is 720 g/mol. The van der Waals surface area contributed by atoms with Crippen molar-refractivity contribution in [3.8, 4) is 0 Å². The lowest BCUT2D eigenvalue weighted by atomic mass is 9.76. The van der Waals surface area contributed by atoms with E-state index in [0.29, 0.717) is 61.5 Å². The molecule has 50 heavy (non-hydrogen) atoms. The van der Waals surface area contributed by atoms with Crippen LogP contribution in [0.1, 0.15) is 54.2 Å². The molecule has 1 atom stereocenters. The maximum atomic E-state index is 13.7. The van der Waals surface area contributed by atoms with Gasteiger partial charge in [0.1, 0.15) is 0 Å². The molecule has 4 heterocycles. The number of esters is 1. The van der Waals surface area contributed by atoms with Crippen LogP contribution in [0.3, 0.4) is 0 Å². The number of aromatic nitrogens is 1. The summed E-state index contributed by atoms with van der Waals surface area (Å²) >= 11 is 12.9. The second-order valence-electron chi connectivity index (χ2n) is 13.6. The summed E-state index contributed by atoms with van der Waals surface area (Å²) in [5, 5.41) is 4.44. The minimum absolute atomic E-state index is 0.0433. The fourth-order valence-corrected chi connectivity index (χ4v) is 7.92. The van der Waals surface area contributed by atoms with Crippen molar-refractivity contribution < 1.29 is 19.1 Å². The number of nitrogens with zero attached hydrogens (tertiary/aromatic N) is 5. The molecule has 2 aromatic carbocycles. The minimum Gasteiger partial charge on any atom is -0.465 e. The van der Waals surface area contributed by atoms with Gasteiger partial charge < -0.3 is 24.8 Å². The van der Waals surface area contributed by atoms with Crippen molar-refractivity contribution in [3.05, 3.63) is 99.8 Å². The Labute approximate surface area is 304 Å². The Balaban J connectivity index is 1.12. The SMILES string of the molecule is CCOC(=O)CN1CCN(C(=O)NC2(c3ccccn3)CCN(CCC3(c4ccc(Cl)c(Cl)c4)CCN(C(=O)c4ccccc4)C3)CC2)CC1. The molecule has 10 nitrogen and oxygen atoms in total. The highest BCUT2D eigenvalue weighted by atomic mass is 35.5. The van der Waals surface area contributed by atoms with Crippen molar-refractivity contribution in [2.75, 3.05) is 72.1 Å². The van der Waals surface area contributed by atoms with Crippen LogP contribution in [0.5, 0.6) is 0 Å². The Morgan fingerprint density at radius 1 is 0.820 bits per heavy atom. The molecule has 0 spiro atoms. The van der Waals surface area contributed by atoms with Crippen LogP contribution in [-0.4, -0.2) is 115 Å². The third-order valence-electron chi connectivity index (χ3n) is 10.6.